The van der Waals surface area contributed by atoms with Crippen LogP contribution in [0.2, 0.25) is 0 Å². The van der Waals surface area contributed by atoms with Crippen LogP contribution < -0.4 is 5.73 Å². The van der Waals surface area contributed by atoms with Crippen LogP contribution in [0.15, 0.2) is 17.2 Å². The van der Waals surface area contributed by atoms with Gasteiger partial charge in [-0.15, -0.1) is 0 Å². The van der Waals surface area contributed by atoms with Crippen molar-refractivity contribution in [2.75, 3.05) is 26.8 Å². The zero-order valence-corrected chi connectivity index (χ0v) is 14.2. The van der Waals surface area contributed by atoms with Gasteiger partial charge in [-0.25, -0.2) is 8.42 Å². The van der Waals surface area contributed by atoms with E-state index in [1.807, 2.05) is 25.3 Å². The Hall–Kier alpha value is -0.890. The molecule has 2 N–H and O–H groups in total. The van der Waals surface area contributed by atoms with Gasteiger partial charge < -0.3 is 15.0 Å². The van der Waals surface area contributed by atoms with E-state index in [1.165, 1.54) is 4.31 Å². The van der Waals surface area contributed by atoms with Crippen LogP contribution in [0, 0.1) is 5.92 Å². The van der Waals surface area contributed by atoms with Crippen molar-refractivity contribution in [3.63, 3.8) is 0 Å². The van der Waals surface area contributed by atoms with E-state index < -0.39 is 10.0 Å². The van der Waals surface area contributed by atoms with Crippen LogP contribution in [0.4, 0.5) is 0 Å². The highest BCUT2D eigenvalue weighted by Crippen LogP contribution is 2.20. The first kappa shape index (κ1) is 18.2. The summed E-state index contributed by atoms with van der Waals surface area (Å²) in [7, 11) is -1.94. The second-order valence-electron chi connectivity index (χ2n) is 5.41. The molecular weight excluding hydrogens is 290 g/mol. The lowest BCUT2D eigenvalue weighted by Crippen LogP contribution is -2.36. The van der Waals surface area contributed by atoms with E-state index in [0.29, 0.717) is 37.7 Å². The third-order valence-electron chi connectivity index (χ3n) is 3.26. The van der Waals surface area contributed by atoms with Gasteiger partial charge in [-0.2, -0.15) is 4.31 Å². The fourth-order valence-electron chi connectivity index (χ4n) is 2.19. The SMILES string of the molecule is CCn1cc(S(=O)(=O)N(CCOC)CC(C)C)cc1CN. The largest absolute Gasteiger partial charge is 0.383 e. The lowest BCUT2D eigenvalue weighted by molar-refractivity contribution is 0.175. The molecule has 0 spiro atoms. The van der Waals surface area contributed by atoms with Crippen LogP contribution >= 0.6 is 0 Å². The minimum atomic E-state index is -3.51. The molecule has 0 radical (unpaired) electrons. The summed E-state index contributed by atoms with van der Waals surface area (Å²) in [4.78, 5) is 0.307. The number of aromatic nitrogens is 1. The molecule has 122 valence electrons. The molecule has 0 bridgehead atoms. The van der Waals surface area contributed by atoms with Gasteiger partial charge in [0.2, 0.25) is 10.0 Å². The molecule has 0 aromatic carbocycles. The van der Waals surface area contributed by atoms with E-state index in [0.717, 1.165) is 5.69 Å². The summed E-state index contributed by atoms with van der Waals surface area (Å²) in [6.45, 7) is 8.19. The first-order valence-corrected chi connectivity index (χ1v) is 8.69. The zero-order valence-electron chi connectivity index (χ0n) is 13.4. The molecule has 7 heteroatoms. The molecular formula is C14H27N3O3S. The maximum atomic E-state index is 12.8. The number of hydrogen-bond acceptors (Lipinski definition) is 4. The summed E-state index contributed by atoms with van der Waals surface area (Å²) in [5.41, 5.74) is 6.50. The fourth-order valence-corrected chi connectivity index (χ4v) is 3.84. The second kappa shape index (κ2) is 7.93. The van der Waals surface area contributed by atoms with Gasteiger partial charge in [0.05, 0.1) is 6.61 Å². The average Bonchev–Trinajstić information content (AvgIpc) is 2.86. The molecule has 6 nitrogen and oxygen atoms in total. The highest BCUT2D eigenvalue weighted by Gasteiger charge is 2.26. The third-order valence-corrected chi connectivity index (χ3v) is 5.09. The van der Waals surface area contributed by atoms with Crippen LogP contribution in [-0.4, -0.2) is 44.1 Å². The van der Waals surface area contributed by atoms with Crippen molar-refractivity contribution in [1.82, 2.24) is 8.87 Å². The molecule has 1 heterocycles. The minimum Gasteiger partial charge on any atom is -0.383 e. The van der Waals surface area contributed by atoms with E-state index in [4.69, 9.17) is 10.5 Å². The maximum Gasteiger partial charge on any atom is 0.244 e. The Morgan fingerprint density at radius 2 is 2.10 bits per heavy atom. The molecule has 0 aliphatic carbocycles. The van der Waals surface area contributed by atoms with E-state index in [-0.39, 0.29) is 5.92 Å². The van der Waals surface area contributed by atoms with E-state index in [9.17, 15) is 8.42 Å². The summed E-state index contributed by atoms with van der Waals surface area (Å²) in [6.07, 6.45) is 1.66. The van der Waals surface area contributed by atoms with Crippen LogP contribution in [0.25, 0.3) is 0 Å². The normalized spacial score (nSPS) is 12.5. The maximum absolute atomic E-state index is 12.8. The standard InChI is InChI=1S/C14H27N3O3S/c1-5-16-11-14(8-13(16)9-15)21(18,19)17(6-7-20-4)10-12(2)3/h8,11-12H,5-7,9-10,15H2,1-4H3. The van der Waals surface area contributed by atoms with Crippen molar-refractivity contribution in [2.45, 2.75) is 38.8 Å². The molecule has 0 fully saturated rings. The van der Waals surface area contributed by atoms with Gasteiger partial charge in [0, 0.05) is 45.2 Å². The topological polar surface area (TPSA) is 77.6 Å². The van der Waals surface area contributed by atoms with E-state index in [2.05, 4.69) is 0 Å². The van der Waals surface area contributed by atoms with Crippen LogP contribution in [0.3, 0.4) is 0 Å². The predicted octanol–water partition coefficient (Wildman–Crippen LogP) is 1.26. The number of hydrogen-bond donors (Lipinski definition) is 1. The molecule has 0 saturated heterocycles. The Kier molecular flexibility index (Phi) is 6.86. The third kappa shape index (κ3) is 4.54. The first-order chi connectivity index (χ1) is 9.86. The Balaban J connectivity index is 3.11. The van der Waals surface area contributed by atoms with Crippen molar-refractivity contribution in [1.29, 1.82) is 0 Å². The van der Waals surface area contributed by atoms with Crippen LogP contribution in [-0.2, 0) is 27.8 Å². The molecule has 0 atom stereocenters. The van der Waals surface area contributed by atoms with Gasteiger partial charge in [-0.1, -0.05) is 13.8 Å². The van der Waals surface area contributed by atoms with Crippen molar-refractivity contribution < 1.29 is 13.2 Å². The molecule has 0 saturated carbocycles. The minimum absolute atomic E-state index is 0.249. The Morgan fingerprint density at radius 3 is 2.52 bits per heavy atom. The molecule has 1 aromatic rings. The lowest BCUT2D eigenvalue weighted by atomic mass is 10.2. The predicted molar refractivity (Wildman–Crippen MR) is 83.5 cm³/mol. The van der Waals surface area contributed by atoms with E-state index >= 15 is 0 Å². The second-order valence-corrected chi connectivity index (χ2v) is 7.34. The van der Waals surface area contributed by atoms with Crippen molar-refractivity contribution in [2.24, 2.45) is 11.7 Å². The summed E-state index contributed by atoms with van der Waals surface area (Å²) < 4.78 is 34.0. The molecule has 1 rings (SSSR count). The van der Waals surface area contributed by atoms with Gasteiger partial charge >= 0.3 is 0 Å². The molecule has 0 aliphatic rings. The Bertz CT molecular complexity index is 516. The number of rotatable bonds is 9. The van der Waals surface area contributed by atoms with Crippen LogP contribution in [0.5, 0.6) is 0 Å². The van der Waals surface area contributed by atoms with Gasteiger partial charge in [-0.3, -0.25) is 0 Å². The molecule has 0 amide bonds. The number of nitrogens with zero attached hydrogens (tertiary/aromatic N) is 2. The summed E-state index contributed by atoms with van der Waals surface area (Å²) in [5, 5.41) is 0. The summed E-state index contributed by atoms with van der Waals surface area (Å²) >= 11 is 0. The zero-order chi connectivity index (χ0) is 16.0. The molecule has 1 aromatic heterocycles. The van der Waals surface area contributed by atoms with Gasteiger partial charge in [0.1, 0.15) is 4.90 Å². The van der Waals surface area contributed by atoms with E-state index in [1.54, 1.807) is 19.4 Å². The van der Waals surface area contributed by atoms with Crippen molar-refractivity contribution >= 4 is 10.0 Å². The monoisotopic (exact) mass is 317 g/mol. The highest BCUT2D eigenvalue weighted by atomic mass is 32.2. The Labute approximate surface area is 127 Å². The summed E-state index contributed by atoms with van der Waals surface area (Å²) in [6, 6.07) is 1.67. The average molecular weight is 317 g/mol. The smallest absolute Gasteiger partial charge is 0.244 e. The number of ether oxygens (including phenoxy) is 1. The molecule has 0 aliphatic heterocycles. The number of sulfonamides is 1. The number of aryl methyl sites for hydroxylation is 1. The molecule has 21 heavy (non-hydrogen) atoms. The highest BCUT2D eigenvalue weighted by molar-refractivity contribution is 7.89. The van der Waals surface area contributed by atoms with Gasteiger partial charge in [0.15, 0.2) is 0 Å². The summed E-state index contributed by atoms with van der Waals surface area (Å²) in [5.74, 6) is 0.249. The lowest BCUT2D eigenvalue weighted by Gasteiger charge is -2.23. The Morgan fingerprint density at radius 1 is 1.43 bits per heavy atom. The van der Waals surface area contributed by atoms with Gasteiger partial charge in [-0.05, 0) is 18.9 Å². The quantitative estimate of drug-likeness (QED) is 0.744. The van der Waals surface area contributed by atoms with Crippen LogP contribution in [0.1, 0.15) is 26.5 Å². The van der Waals surface area contributed by atoms with Crippen molar-refractivity contribution in [3.05, 3.63) is 18.0 Å². The first-order valence-electron chi connectivity index (χ1n) is 7.25. The fraction of sp³-hybridized carbons (Fsp3) is 0.714. The van der Waals surface area contributed by atoms with Crippen molar-refractivity contribution in [3.8, 4) is 0 Å². The molecule has 0 unspecified atom stereocenters. The number of nitrogens with two attached hydrogens (primary N) is 1. The number of methoxy groups -OCH3 is 1. The van der Waals surface area contributed by atoms with Gasteiger partial charge in [0.25, 0.3) is 0 Å².